The SMILES string of the molecule is C=CCN1CC(=O)N2[C@@H](Cc3ccc(O)cc3)C(=O)N(Cc3cccc4cn[nH]c34)C[C@@H]2N1C(=O)NCc1ccccn1. The van der Waals surface area contributed by atoms with Crippen molar-refractivity contribution >= 4 is 28.7 Å². The van der Waals surface area contributed by atoms with Crippen LogP contribution in [0.4, 0.5) is 4.79 Å². The average molecular weight is 581 g/mol. The number of carbonyl (C=O) groups is 3. The van der Waals surface area contributed by atoms with Crippen molar-refractivity contribution in [2.45, 2.75) is 31.7 Å². The van der Waals surface area contributed by atoms with E-state index in [-0.39, 0.29) is 56.7 Å². The van der Waals surface area contributed by atoms with Gasteiger partial charge in [-0.2, -0.15) is 5.10 Å². The van der Waals surface area contributed by atoms with Crippen molar-refractivity contribution in [2.75, 3.05) is 19.6 Å². The summed E-state index contributed by atoms with van der Waals surface area (Å²) in [5.74, 6) is -0.371. The Labute approximate surface area is 248 Å². The summed E-state index contributed by atoms with van der Waals surface area (Å²) in [4.78, 5) is 49.3. The number of phenols is 1. The molecule has 0 bridgehead atoms. The summed E-state index contributed by atoms with van der Waals surface area (Å²) in [5.41, 5.74) is 3.16. The molecule has 43 heavy (non-hydrogen) atoms. The first-order chi connectivity index (χ1) is 20.9. The second kappa shape index (κ2) is 11.9. The zero-order valence-electron chi connectivity index (χ0n) is 23.5. The van der Waals surface area contributed by atoms with Crippen molar-refractivity contribution in [3.63, 3.8) is 0 Å². The molecule has 0 saturated carbocycles. The van der Waals surface area contributed by atoms with E-state index >= 15 is 0 Å². The molecule has 2 saturated heterocycles. The van der Waals surface area contributed by atoms with Gasteiger partial charge in [-0.05, 0) is 35.4 Å². The maximum absolute atomic E-state index is 14.2. The summed E-state index contributed by atoms with van der Waals surface area (Å²) in [6, 6.07) is 16.5. The van der Waals surface area contributed by atoms with Crippen molar-refractivity contribution < 1.29 is 19.5 Å². The number of para-hydroxylation sites is 1. The molecule has 2 fully saturated rings. The van der Waals surface area contributed by atoms with E-state index in [0.29, 0.717) is 5.69 Å². The molecular weight excluding hydrogens is 548 g/mol. The van der Waals surface area contributed by atoms with E-state index in [4.69, 9.17) is 0 Å². The highest BCUT2D eigenvalue weighted by Gasteiger charge is 2.51. The molecule has 4 heterocycles. The number of hydrogen-bond donors (Lipinski definition) is 3. The number of fused-ring (bicyclic) bond motifs is 2. The fourth-order valence-electron chi connectivity index (χ4n) is 5.82. The van der Waals surface area contributed by atoms with Gasteiger partial charge in [-0.1, -0.05) is 42.5 Å². The summed E-state index contributed by atoms with van der Waals surface area (Å²) in [6.07, 6.45) is 4.47. The summed E-state index contributed by atoms with van der Waals surface area (Å²) < 4.78 is 0. The number of H-pyrrole nitrogens is 1. The Balaban J connectivity index is 1.36. The number of piperazine rings is 1. The number of phenolic OH excluding ortho intramolecular Hbond substituents is 1. The maximum atomic E-state index is 14.2. The van der Waals surface area contributed by atoms with E-state index in [9.17, 15) is 19.5 Å². The molecule has 3 N–H and O–H groups in total. The molecule has 0 spiro atoms. The Morgan fingerprint density at radius 1 is 1.12 bits per heavy atom. The number of carbonyl (C=O) groups excluding carboxylic acids is 3. The monoisotopic (exact) mass is 580 g/mol. The zero-order chi connectivity index (χ0) is 29.9. The molecule has 0 unspecified atom stereocenters. The van der Waals surface area contributed by atoms with Crippen LogP contribution in [0.1, 0.15) is 16.8 Å². The lowest BCUT2D eigenvalue weighted by atomic mass is 9.98. The third-order valence-corrected chi connectivity index (χ3v) is 7.81. The quantitative estimate of drug-likeness (QED) is 0.272. The largest absolute Gasteiger partial charge is 0.508 e. The number of rotatable bonds is 8. The normalized spacial score (nSPS) is 19.0. The van der Waals surface area contributed by atoms with Gasteiger partial charge in [-0.3, -0.25) is 19.7 Å². The third-order valence-electron chi connectivity index (χ3n) is 7.81. The standard InChI is InChI=1S/C31H32N8O4/c1-2-14-37-20-28(41)38-26(15-21-9-11-25(40)12-10-21)30(42)36(18-23-7-5-6-22-16-34-35-29(22)23)19-27(38)39(37)31(43)33-17-24-8-3-4-13-32-24/h2-13,16,26-27,40H,1,14-15,17-20H2,(H,33,43)(H,34,35)/t26-,27-/m0/s1. The van der Waals surface area contributed by atoms with Crippen molar-refractivity contribution in [3.05, 3.63) is 103 Å². The van der Waals surface area contributed by atoms with E-state index in [1.165, 1.54) is 5.01 Å². The van der Waals surface area contributed by atoms with Crippen LogP contribution in [0.15, 0.2) is 85.7 Å². The highest BCUT2D eigenvalue weighted by Crippen LogP contribution is 2.30. The molecule has 220 valence electrons. The van der Waals surface area contributed by atoms with Crippen molar-refractivity contribution in [1.82, 2.24) is 40.3 Å². The number of amides is 4. The average Bonchev–Trinajstić information content (AvgIpc) is 3.50. The number of nitrogens with zero attached hydrogens (tertiary/aromatic N) is 6. The predicted octanol–water partition coefficient (Wildman–Crippen LogP) is 2.40. The Morgan fingerprint density at radius 3 is 2.72 bits per heavy atom. The fourth-order valence-corrected chi connectivity index (χ4v) is 5.82. The number of aromatic nitrogens is 3. The summed E-state index contributed by atoms with van der Waals surface area (Å²) in [7, 11) is 0. The van der Waals surface area contributed by atoms with Gasteiger partial charge >= 0.3 is 6.03 Å². The molecule has 4 amide bonds. The number of urea groups is 1. The minimum Gasteiger partial charge on any atom is -0.508 e. The number of hydrazine groups is 1. The Kier molecular flexibility index (Phi) is 7.75. The Bertz CT molecular complexity index is 1640. The third kappa shape index (κ3) is 5.64. The number of pyridine rings is 1. The number of hydrogen-bond acceptors (Lipinski definition) is 7. The van der Waals surface area contributed by atoms with Crippen molar-refractivity contribution in [2.24, 2.45) is 0 Å². The lowest BCUT2D eigenvalue weighted by molar-refractivity contribution is -0.189. The molecule has 12 heteroatoms. The maximum Gasteiger partial charge on any atom is 0.334 e. The Morgan fingerprint density at radius 2 is 1.95 bits per heavy atom. The molecular formula is C31H32N8O4. The van der Waals surface area contributed by atoms with Gasteiger partial charge in [0.15, 0.2) is 0 Å². The molecule has 0 radical (unpaired) electrons. The van der Waals surface area contributed by atoms with Crippen LogP contribution in [-0.2, 0) is 29.1 Å². The van der Waals surface area contributed by atoms with Gasteiger partial charge in [0.25, 0.3) is 0 Å². The van der Waals surface area contributed by atoms with Gasteiger partial charge in [0.05, 0.1) is 37.0 Å². The minimum absolute atomic E-state index is 0.0909. The molecule has 0 aliphatic carbocycles. The van der Waals surface area contributed by atoms with Crippen molar-refractivity contribution in [1.29, 1.82) is 0 Å². The van der Waals surface area contributed by atoms with Crippen LogP contribution in [0.2, 0.25) is 0 Å². The van der Waals surface area contributed by atoms with Crippen LogP contribution >= 0.6 is 0 Å². The topological polar surface area (TPSA) is 138 Å². The van der Waals surface area contributed by atoms with Crippen LogP contribution in [0.3, 0.4) is 0 Å². The molecule has 2 aromatic heterocycles. The summed E-state index contributed by atoms with van der Waals surface area (Å²) >= 11 is 0. The van der Waals surface area contributed by atoms with Gasteiger partial charge in [-0.25, -0.2) is 14.8 Å². The molecule has 2 aromatic carbocycles. The van der Waals surface area contributed by atoms with E-state index < -0.39 is 18.2 Å². The Hall–Kier alpha value is -5.23. The van der Waals surface area contributed by atoms with Crippen LogP contribution in [-0.4, -0.2) is 89.8 Å². The van der Waals surface area contributed by atoms with Gasteiger partial charge < -0.3 is 20.2 Å². The van der Waals surface area contributed by atoms with Crippen LogP contribution < -0.4 is 5.32 Å². The first kappa shape index (κ1) is 27.9. The van der Waals surface area contributed by atoms with E-state index in [2.05, 4.69) is 27.1 Å². The van der Waals surface area contributed by atoms with Gasteiger partial charge in [0.1, 0.15) is 18.0 Å². The lowest BCUT2D eigenvalue weighted by Gasteiger charge is -2.55. The molecule has 6 rings (SSSR count). The first-order valence-corrected chi connectivity index (χ1v) is 14.0. The molecule has 2 aliphatic rings. The second-order valence-electron chi connectivity index (χ2n) is 10.6. The van der Waals surface area contributed by atoms with Crippen LogP contribution in [0.5, 0.6) is 5.75 Å². The van der Waals surface area contributed by atoms with Crippen LogP contribution in [0.25, 0.3) is 10.9 Å². The molecule has 4 aromatic rings. The van der Waals surface area contributed by atoms with Crippen LogP contribution in [0, 0.1) is 0 Å². The van der Waals surface area contributed by atoms with E-state index in [1.807, 2.05) is 30.3 Å². The number of benzene rings is 2. The van der Waals surface area contributed by atoms with Gasteiger partial charge in [0.2, 0.25) is 11.8 Å². The smallest absolute Gasteiger partial charge is 0.334 e. The van der Waals surface area contributed by atoms with E-state index in [1.54, 1.807) is 63.6 Å². The predicted molar refractivity (Wildman–Crippen MR) is 158 cm³/mol. The molecule has 2 aliphatic heterocycles. The molecule has 2 atom stereocenters. The molecule has 12 nitrogen and oxygen atoms in total. The van der Waals surface area contributed by atoms with Crippen molar-refractivity contribution in [3.8, 4) is 5.75 Å². The fraction of sp³-hybridized carbons (Fsp3) is 0.258. The summed E-state index contributed by atoms with van der Waals surface area (Å²) in [5, 5.41) is 24.0. The lowest BCUT2D eigenvalue weighted by Crippen LogP contribution is -2.76. The highest BCUT2D eigenvalue weighted by atomic mass is 16.3. The number of aromatic hydroxyl groups is 1. The summed E-state index contributed by atoms with van der Waals surface area (Å²) in [6.45, 7) is 4.55. The first-order valence-electron chi connectivity index (χ1n) is 14.0. The zero-order valence-corrected chi connectivity index (χ0v) is 23.5. The second-order valence-corrected chi connectivity index (χ2v) is 10.6. The highest BCUT2D eigenvalue weighted by molar-refractivity contribution is 5.92. The van der Waals surface area contributed by atoms with Gasteiger partial charge in [-0.15, -0.1) is 6.58 Å². The number of nitrogens with one attached hydrogen (secondary N) is 2. The van der Waals surface area contributed by atoms with E-state index in [0.717, 1.165) is 22.0 Å². The minimum atomic E-state index is -0.867. The van der Waals surface area contributed by atoms with Gasteiger partial charge in [0, 0.05) is 31.1 Å². The number of aromatic amines is 1.